The summed E-state index contributed by atoms with van der Waals surface area (Å²) in [6.45, 7) is 2.50. The number of rotatable bonds is 3. The van der Waals surface area contributed by atoms with Crippen LogP contribution in [-0.4, -0.2) is 23.5 Å². The van der Waals surface area contributed by atoms with Crippen LogP contribution in [0.25, 0.3) is 0 Å². The zero-order chi connectivity index (χ0) is 14.8. The Labute approximate surface area is 121 Å². The molecule has 0 radical (unpaired) electrons. The Morgan fingerprint density at radius 1 is 1.33 bits per heavy atom. The molecule has 1 aliphatic heterocycles. The number of carbonyl (C=O) groups excluding carboxylic acids is 2. The minimum Gasteiger partial charge on any atom is -0.351 e. The Kier molecular flexibility index (Phi) is 3.43. The van der Waals surface area contributed by atoms with Crippen LogP contribution in [0.4, 0.5) is 11.4 Å². The van der Waals surface area contributed by atoms with Crippen LogP contribution in [0, 0.1) is 6.92 Å². The summed E-state index contributed by atoms with van der Waals surface area (Å²) >= 11 is 0. The van der Waals surface area contributed by atoms with E-state index in [-0.39, 0.29) is 17.6 Å². The highest BCUT2D eigenvalue weighted by molar-refractivity contribution is 6.02. The molecule has 0 saturated carbocycles. The van der Waals surface area contributed by atoms with Gasteiger partial charge in [-0.15, -0.1) is 0 Å². The fraction of sp³-hybridized carbons (Fsp3) is 0.267. The number of aromatic nitrogens is 1. The molecule has 6 heteroatoms. The Morgan fingerprint density at radius 3 is 2.67 bits per heavy atom. The topological polar surface area (TPSA) is 75.4 Å². The highest BCUT2D eigenvalue weighted by Crippen LogP contribution is 2.23. The quantitative estimate of drug-likeness (QED) is 0.939. The summed E-state index contributed by atoms with van der Waals surface area (Å²) in [4.78, 5) is 25.3. The maximum atomic E-state index is 11.9. The van der Waals surface area contributed by atoms with Crippen LogP contribution >= 0.6 is 0 Å². The van der Waals surface area contributed by atoms with Gasteiger partial charge in [-0.05, 0) is 37.6 Å². The average molecular weight is 285 g/mol. The molecule has 2 amide bonds. The summed E-state index contributed by atoms with van der Waals surface area (Å²) in [6, 6.07) is 8.76. The molecular weight excluding hydrogens is 270 g/mol. The number of nitrogens with one attached hydrogen (secondary N) is 1. The van der Waals surface area contributed by atoms with Gasteiger partial charge < -0.3 is 14.7 Å². The first-order valence-corrected chi connectivity index (χ1v) is 6.78. The summed E-state index contributed by atoms with van der Waals surface area (Å²) in [5.41, 5.74) is 2.15. The van der Waals surface area contributed by atoms with Crippen molar-refractivity contribution < 1.29 is 14.1 Å². The molecule has 2 heterocycles. The number of benzene rings is 1. The van der Waals surface area contributed by atoms with E-state index < -0.39 is 0 Å². The van der Waals surface area contributed by atoms with Gasteiger partial charge in [0, 0.05) is 30.4 Å². The SMILES string of the molecule is Cc1cc(C(=O)Nc2ccc(N3CCCC3=O)cc2)on1. The van der Waals surface area contributed by atoms with Gasteiger partial charge >= 0.3 is 0 Å². The first-order valence-electron chi connectivity index (χ1n) is 6.78. The molecule has 2 aromatic rings. The van der Waals surface area contributed by atoms with Crippen molar-refractivity contribution in [2.45, 2.75) is 19.8 Å². The van der Waals surface area contributed by atoms with Crippen LogP contribution < -0.4 is 10.2 Å². The summed E-state index contributed by atoms with van der Waals surface area (Å²) in [5, 5.41) is 6.40. The van der Waals surface area contributed by atoms with Crippen LogP contribution in [0.15, 0.2) is 34.9 Å². The third kappa shape index (κ3) is 2.79. The number of hydrogen-bond acceptors (Lipinski definition) is 4. The minimum absolute atomic E-state index is 0.143. The van der Waals surface area contributed by atoms with Crippen molar-refractivity contribution in [3.63, 3.8) is 0 Å². The van der Waals surface area contributed by atoms with E-state index in [1.54, 1.807) is 30.0 Å². The Balaban J connectivity index is 1.69. The van der Waals surface area contributed by atoms with E-state index in [9.17, 15) is 9.59 Å². The second kappa shape index (κ2) is 5.40. The second-order valence-electron chi connectivity index (χ2n) is 4.98. The maximum Gasteiger partial charge on any atom is 0.294 e. The lowest BCUT2D eigenvalue weighted by Crippen LogP contribution is -2.23. The predicted molar refractivity (Wildman–Crippen MR) is 77.2 cm³/mol. The van der Waals surface area contributed by atoms with Crippen LogP contribution in [0.5, 0.6) is 0 Å². The Hall–Kier alpha value is -2.63. The van der Waals surface area contributed by atoms with E-state index in [1.165, 1.54) is 0 Å². The molecule has 1 saturated heterocycles. The number of carbonyl (C=O) groups is 2. The normalized spacial score (nSPS) is 14.5. The number of anilines is 2. The zero-order valence-corrected chi connectivity index (χ0v) is 11.6. The van der Waals surface area contributed by atoms with E-state index in [0.717, 1.165) is 18.7 Å². The minimum atomic E-state index is -0.347. The fourth-order valence-electron chi connectivity index (χ4n) is 2.31. The molecule has 1 aromatic carbocycles. The Morgan fingerprint density at radius 2 is 2.10 bits per heavy atom. The largest absolute Gasteiger partial charge is 0.351 e. The maximum absolute atomic E-state index is 11.9. The molecule has 1 aliphatic rings. The van der Waals surface area contributed by atoms with E-state index in [1.807, 2.05) is 12.1 Å². The third-order valence-electron chi connectivity index (χ3n) is 3.36. The molecule has 21 heavy (non-hydrogen) atoms. The molecule has 1 aromatic heterocycles. The van der Waals surface area contributed by atoms with Gasteiger partial charge in [-0.3, -0.25) is 9.59 Å². The van der Waals surface area contributed by atoms with Gasteiger partial charge in [0.25, 0.3) is 5.91 Å². The third-order valence-corrected chi connectivity index (χ3v) is 3.36. The number of nitrogens with zero attached hydrogens (tertiary/aromatic N) is 2. The van der Waals surface area contributed by atoms with Crippen molar-refractivity contribution in [1.29, 1.82) is 0 Å². The number of aryl methyl sites for hydroxylation is 1. The standard InChI is InChI=1S/C15H15N3O3/c1-10-9-13(21-17-10)15(20)16-11-4-6-12(7-5-11)18-8-2-3-14(18)19/h4-7,9H,2-3,8H2,1H3,(H,16,20). The van der Waals surface area contributed by atoms with Crippen LogP contribution in [0.1, 0.15) is 29.1 Å². The molecule has 0 bridgehead atoms. The predicted octanol–water partition coefficient (Wildman–Crippen LogP) is 2.36. The van der Waals surface area contributed by atoms with Gasteiger partial charge in [-0.25, -0.2) is 0 Å². The van der Waals surface area contributed by atoms with Crippen LogP contribution in [0.3, 0.4) is 0 Å². The van der Waals surface area contributed by atoms with Crippen molar-refractivity contribution in [1.82, 2.24) is 5.16 Å². The molecule has 0 spiro atoms. The van der Waals surface area contributed by atoms with Crippen molar-refractivity contribution in [2.75, 3.05) is 16.8 Å². The summed E-state index contributed by atoms with van der Waals surface area (Å²) in [7, 11) is 0. The van der Waals surface area contributed by atoms with Gasteiger partial charge in [0.15, 0.2) is 0 Å². The van der Waals surface area contributed by atoms with E-state index in [0.29, 0.717) is 17.8 Å². The average Bonchev–Trinajstić information content (AvgIpc) is 3.08. The molecule has 108 valence electrons. The molecule has 3 rings (SSSR count). The first-order chi connectivity index (χ1) is 10.1. The molecule has 0 atom stereocenters. The van der Waals surface area contributed by atoms with Crippen molar-refractivity contribution in [2.24, 2.45) is 0 Å². The van der Waals surface area contributed by atoms with E-state index in [2.05, 4.69) is 10.5 Å². The smallest absolute Gasteiger partial charge is 0.294 e. The fourth-order valence-corrected chi connectivity index (χ4v) is 2.31. The van der Waals surface area contributed by atoms with Crippen LogP contribution in [-0.2, 0) is 4.79 Å². The van der Waals surface area contributed by atoms with Gasteiger partial charge in [-0.1, -0.05) is 5.16 Å². The van der Waals surface area contributed by atoms with Crippen molar-refractivity contribution >= 4 is 23.2 Å². The Bertz CT molecular complexity index is 676. The van der Waals surface area contributed by atoms with Crippen molar-refractivity contribution in [3.8, 4) is 0 Å². The molecule has 1 fully saturated rings. The summed E-state index contributed by atoms with van der Waals surface area (Å²) in [6.07, 6.45) is 1.49. The first kappa shape index (κ1) is 13.4. The highest BCUT2D eigenvalue weighted by Gasteiger charge is 2.21. The van der Waals surface area contributed by atoms with E-state index >= 15 is 0 Å². The van der Waals surface area contributed by atoms with E-state index in [4.69, 9.17) is 4.52 Å². The summed E-state index contributed by atoms with van der Waals surface area (Å²) in [5.74, 6) is -0.0317. The monoisotopic (exact) mass is 285 g/mol. The number of hydrogen-bond donors (Lipinski definition) is 1. The molecule has 6 nitrogen and oxygen atoms in total. The molecular formula is C15H15N3O3. The lowest BCUT2D eigenvalue weighted by Gasteiger charge is -2.15. The number of amides is 2. The van der Waals surface area contributed by atoms with Gasteiger partial charge in [-0.2, -0.15) is 0 Å². The highest BCUT2D eigenvalue weighted by atomic mass is 16.5. The lowest BCUT2D eigenvalue weighted by atomic mass is 10.2. The zero-order valence-electron chi connectivity index (χ0n) is 11.6. The van der Waals surface area contributed by atoms with Crippen molar-refractivity contribution in [3.05, 3.63) is 41.8 Å². The lowest BCUT2D eigenvalue weighted by molar-refractivity contribution is -0.117. The van der Waals surface area contributed by atoms with Gasteiger partial charge in [0.2, 0.25) is 11.7 Å². The van der Waals surface area contributed by atoms with Crippen LogP contribution in [0.2, 0.25) is 0 Å². The van der Waals surface area contributed by atoms with Gasteiger partial charge in [0.1, 0.15) is 0 Å². The molecule has 0 unspecified atom stereocenters. The molecule has 0 aliphatic carbocycles. The molecule has 1 N–H and O–H groups in total. The van der Waals surface area contributed by atoms with Gasteiger partial charge in [0.05, 0.1) is 5.69 Å². The second-order valence-corrected chi connectivity index (χ2v) is 4.98. The summed E-state index contributed by atoms with van der Waals surface area (Å²) < 4.78 is 4.90.